The van der Waals surface area contributed by atoms with Crippen LogP contribution >= 0.6 is 0 Å². The molecule has 0 aliphatic carbocycles. The fourth-order valence-corrected chi connectivity index (χ4v) is 6.65. The van der Waals surface area contributed by atoms with Crippen LogP contribution in [0.25, 0.3) is 0 Å². The van der Waals surface area contributed by atoms with Gasteiger partial charge in [0, 0.05) is 5.92 Å². The van der Waals surface area contributed by atoms with Crippen LogP contribution in [-0.4, -0.2) is 39.9 Å². The van der Waals surface area contributed by atoms with Crippen LogP contribution in [0.3, 0.4) is 0 Å². The molecule has 2 atom stereocenters. The molecule has 0 saturated heterocycles. The van der Waals surface area contributed by atoms with Crippen LogP contribution < -0.4 is 0 Å². The molecule has 0 radical (unpaired) electrons. The summed E-state index contributed by atoms with van der Waals surface area (Å²) in [7, 11) is -5.01. The van der Waals surface area contributed by atoms with Gasteiger partial charge in [-0.2, -0.15) is 8.42 Å². The zero-order valence-electron chi connectivity index (χ0n) is 23.7. The van der Waals surface area contributed by atoms with Gasteiger partial charge in [0.25, 0.3) is 10.1 Å². The predicted octanol–water partition coefficient (Wildman–Crippen LogP) is 8.41. The summed E-state index contributed by atoms with van der Waals surface area (Å²) < 4.78 is 32.6. The minimum atomic E-state index is -5.01. The number of aliphatic carboxylic acids is 2. The quantitative estimate of drug-likeness (QED) is 0.0694. The number of carboxylic acid groups (broad SMARTS) is 2. The molecular weight excluding hydrogens is 492 g/mol. The van der Waals surface area contributed by atoms with Crippen molar-refractivity contribution in [2.24, 2.45) is 5.92 Å². The first kappa shape index (κ1) is 35.9. The Balaban J connectivity index is 4.86. The second-order valence-corrected chi connectivity index (χ2v) is 12.5. The average Bonchev–Trinajstić information content (AvgIpc) is 2.82. The standard InChI is InChI=1S/C29H56O7S/c1-3-5-7-9-11-13-15-17-19-21-23-26(25-27(30)31)29(28(32)33,37(34,35)36)24-22-20-18-16-14-12-10-8-6-4-2/h26H,3-25H2,1-2H3,(H,30,31)(H,32,33)(H,34,35,36). The van der Waals surface area contributed by atoms with Crippen molar-refractivity contribution in [2.45, 2.75) is 166 Å². The molecule has 0 aliphatic heterocycles. The van der Waals surface area contributed by atoms with E-state index < -0.39 is 39.1 Å². The van der Waals surface area contributed by atoms with E-state index in [0.717, 1.165) is 44.9 Å². The van der Waals surface area contributed by atoms with Crippen molar-refractivity contribution in [2.75, 3.05) is 0 Å². The van der Waals surface area contributed by atoms with Crippen molar-refractivity contribution >= 4 is 22.1 Å². The third kappa shape index (κ3) is 15.8. The molecule has 0 aromatic carbocycles. The fourth-order valence-electron chi connectivity index (χ4n) is 5.40. The molecule has 0 aliphatic rings. The summed E-state index contributed by atoms with van der Waals surface area (Å²) in [6.45, 7) is 4.37. The van der Waals surface area contributed by atoms with Gasteiger partial charge in [-0.25, -0.2) is 0 Å². The molecule has 0 aromatic rings. The Kier molecular flexibility index (Phi) is 21.1. The van der Waals surface area contributed by atoms with Crippen LogP contribution in [0.2, 0.25) is 0 Å². The van der Waals surface area contributed by atoms with E-state index >= 15 is 0 Å². The lowest BCUT2D eigenvalue weighted by molar-refractivity contribution is -0.144. The normalized spacial score (nSPS) is 14.4. The third-order valence-corrected chi connectivity index (χ3v) is 9.34. The number of hydrogen-bond donors (Lipinski definition) is 3. The Morgan fingerprint density at radius 2 is 0.973 bits per heavy atom. The summed E-state index contributed by atoms with van der Waals surface area (Å²) in [5, 5.41) is 19.4. The third-order valence-electron chi connectivity index (χ3n) is 7.71. The Labute approximate surface area is 226 Å². The smallest absolute Gasteiger partial charge is 0.327 e. The molecule has 0 heterocycles. The summed E-state index contributed by atoms with van der Waals surface area (Å²) in [5.41, 5.74) is 0. The lowest BCUT2D eigenvalue weighted by Crippen LogP contribution is -2.53. The molecule has 0 rings (SSSR count). The monoisotopic (exact) mass is 548 g/mol. The van der Waals surface area contributed by atoms with Gasteiger partial charge in [-0.3, -0.25) is 14.1 Å². The highest BCUT2D eigenvalue weighted by molar-refractivity contribution is 7.88. The molecule has 2 unspecified atom stereocenters. The van der Waals surface area contributed by atoms with Crippen molar-refractivity contribution < 1.29 is 32.8 Å². The second kappa shape index (κ2) is 21.7. The van der Waals surface area contributed by atoms with E-state index in [4.69, 9.17) is 0 Å². The van der Waals surface area contributed by atoms with Gasteiger partial charge in [0.15, 0.2) is 4.75 Å². The molecule has 37 heavy (non-hydrogen) atoms. The molecule has 220 valence electrons. The minimum Gasteiger partial charge on any atom is -0.481 e. The van der Waals surface area contributed by atoms with E-state index in [1.807, 2.05) is 0 Å². The largest absolute Gasteiger partial charge is 0.481 e. The van der Waals surface area contributed by atoms with Gasteiger partial charge < -0.3 is 10.2 Å². The van der Waals surface area contributed by atoms with Crippen molar-refractivity contribution in [3.8, 4) is 0 Å². The highest BCUT2D eigenvalue weighted by Gasteiger charge is 2.56. The van der Waals surface area contributed by atoms with E-state index in [2.05, 4.69) is 13.8 Å². The molecule has 0 spiro atoms. The first-order valence-corrected chi connectivity index (χ1v) is 16.5. The predicted molar refractivity (Wildman–Crippen MR) is 151 cm³/mol. The van der Waals surface area contributed by atoms with Crippen molar-refractivity contribution in [3.63, 3.8) is 0 Å². The van der Waals surface area contributed by atoms with E-state index in [9.17, 15) is 32.8 Å². The molecular formula is C29H56O7S. The minimum absolute atomic E-state index is 0.159. The van der Waals surface area contributed by atoms with Crippen LogP contribution in [0.4, 0.5) is 0 Å². The highest BCUT2D eigenvalue weighted by atomic mass is 32.2. The maximum absolute atomic E-state index is 12.5. The Morgan fingerprint density at radius 3 is 1.30 bits per heavy atom. The number of hydrogen-bond acceptors (Lipinski definition) is 4. The molecule has 0 fully saturated rings. The summed E-state index contributed by atoms with van der Waals surface area (Å²) in [6, 6.07) is 0. The summed E-state index contributed by atoms with van der Waals surface area (Å²) in [4.78, 5) is 23.9. The first-order valence-electron chi connectivity index (χ1n) is 15.1. The van der Waals surface area contributed by atoms with Crippen LogP contribution in [0.5, 0.6) is 0 Å². The average molecular weight is 549 g/mol. The summed E-state index contributed by atoms with van der Waals surface area (Å²) in [6.07, 6.45) is 20.1. The lowest BCUT2D eigenvalue weighted by atomic mass is 9.80. The van der Waals surface area contributed by atoms with Crippen molar-refractivity contribution in [1.82, 2.24) is 0 Å². The first-order chi connectivity index (χ1) is 17.6. The lowest BCUT2D eigenvalue weighted by Gasteiger charge is -2.34. The van der Waals surface area contributed by atoms with Crippen molar-refractivity contribution in [1.29, 1.82) is 0 Å². The van der Waals surface area contributed by atoms with Gasteiger partial charge in [-0.1, -0.05) is 142 Å². The van der Waals surface area contributed by atoms with E-state index in [-0.39, 0.29) is 12.8 Å². The second-order valence-electron chi connectivity index (χ2n) is 10.9. The Morgan fingerprint density at radius 1 is 0.622 bits per heavy atom. The molecule has 7 nitrogen and oxygen atoms in total. The van der Waals surface area contributed by atoms with Gasteiger partial charge in [-0.05, 0) is 12.8 Å². The number of carboxylic acids is 2. The molecule has 0 amide bonds. The fraction of sp³-hybridized carbons (Fsp3) is 0.931. The van der Waals surface area contributed by atoms with E-state index in [1.54, 1.807) is 0 Å². The summed E-state index contributed by atoms with van der Waals surface area (Å²) in [5.74, 6) is -4.04. The van der Waals surface area contributed by atoms with Gasteiger partial charge >= 0.3 is 11.9 Å². The number of carbonyl (C=O) groups is 2. The van der Waals surface area contributed by atoms with Gasteiger partial charge in [0.2, 0.25) is 0 Å². The van der Waals surface area contributed by atoms with Crippen LogP contribution in [0.15, 0.2) is 0 Å². The zero-order chi connectivity index (χ0) is 28.0. The Hall–Kier alpha value is -1.15. The maximum Gasteiger partial charge on any atom is 0.327 e. The molecule has 8 heteroatoms. The molecule has 0 bridgehead atoms. The molecule has 0 aromatic heterocycles. The number of rotatable bonds is 27. The summed E-state index contributed by atoms with van der Waals surface area (Å²) >= 11 is 0. The van der Waals surface area contributed by atoms with Crippen molar-refractivity contribution in [3.05, 3.63) is 0 Å². The maximum atomic E-state index is 12.5. The van der Waals surface area contributed by atoms with Gasteiger partial charge in [0.1, 0.15) is 0 Å². The SMILES string of the molecule is CCCCCCCCCCCCC(CC(=O)O)C(CCCCCCCCCCCC)(C(=O)O)S(=O)(=O)O. The molecule has 3 N–H and O–H groups in total. The van der Waals surface area contributed by atoms with Gasteiger partial charge in [-0.15, -0.1) is 0 Å². The van der Waals surface area contributed by atoms with E-state index in [0.29, 0.717) is 19.3 Å². The van der Waals surface area contributed by atoms with Gasteiger partial charge in [0.05, 0.1) is 6.42 Å². The topological polar surface area (TPSA) is 129 Å². The van der Waals surface area contributed by atoms with Crippen LogP contribution in [-0.2, 0) is 19.7 Å². The number of unbranched alkanes of at least 4 members (excludes halogenated alkanes) is 18. The highest BCUT2D eigenvalue weighted by Crippen LogP contribution is 2.38. The Bertz CT molecular complexity index is 692. The molecule has 0 saturated carbocycles. The zero-order valence-corrected chi connectivity index (χ0v) is 24.5. The van der Waals surface area contributed by atoms with Crippen LogP contribution in [0.1, 0.15) is 162 Å². The van der Waals surface area contributed by atoms with Crippen LogP contribution in [0, 0.1) is 5.92 Å². The van der Waals surface area contributed by atoms with E-state index in [1.165, 1.54) is 64.2 Å².